The molecule has 0 aliphatic heterocycles. The summed E-state index contributed by atoms with van der Waals surface area (Å²) >= 11 is 0. The van der Waals surface area contributed by atoms with E-state index in [2.05, 4.69) is 4.98 Å². The van der Waals surface area contributed by atoms with Crippen molar-refractivity contribution in [3.8, 4) is 17.6 Å². The molecule has 0 radical (unpaired) electrons. The lowest BCUT2D eigenvalue weighted by Gasteiger charge is -2.22. The largest absolute Gasteiger partial charge is 0.455 e. The van der Waals surface area contributed by atoms with Gasteiger partial charge in [0.15, 0.2) is 6.01 Å². The summed E-state index contributed by atoms with van der Waals surface area (Å²) in [7, 11) is -4.76. The van der Waals surface area contributed by atoms with Crippen molar-refractivity contribution in [2.24, 2.45) is 0 Å². The molecule has 27 heavy (non-hydrogen) atoms. The molecule has 0 bridgehead atoms. The number of benzene rings is 1. The van der Waals surface area contributed by atoms with Crippen LogP contribution in [-0.4, -0.2) is 30.4 Å². The SMILES string of the molecule is N#Cc1cncc(Oc2ccc(S(=O)(=O)CF)c3c2CC(F)(F)C3(O)F)c1. The van der Waals surface area contributed by atoms with Crippen LogP contribution in [-0.2, 0) is 22.1 Å². The summed E-state index contributed by atoms with van der Waals surface area (Å²) in [5.74, 6) is -9.13. The first-order valence-electron chi connectivity index (χ1n) is 7.30. The van der Waals surface area contributed by atoms with Crippen LogP contribution in [0.3, 0.4) is 0 Å². The maximum Gasteiger partial charge on any atom is 0.314 e. The highest BCUT2D eigenvalue weighted by molar-refractivity contribution is 7.91. The third kappa shape index (κ3) is 3.00. The lowest BCUT2D eigenvalue weighted by molar-refractivity contribution is -0.250. The van der Waals surface area contributed by atoms with E-state index in [4.69, 9.17) is 10.00 Å². The predicted molar refractivity (Wildman–Crippen MR) is 82.3 cm³/mol. The molecule has 1 aliphatic rings. The van der Waals surface area contributed by atoms with Crippen LogP contribution in [0.1, 0.15) is 16.7 Å². The summed E-state index contributed by atoms with van der Waals surface area (Å²) in [5.41, 5.74) is -1.79. The lowest BCUT2D eigenvalue weighted by atomic mass is 10.1. The minimum absolute atomic E-state index is 0.0602. The van der Waals surface area contributed by atoms with E-state index in [9.17, 15) is 31.1 Å². The van der Waals surface area contributed by atoms with E-state index in [-0.39, 0.29) is 17.1 Å². The Morgan fingerprint density at radius 2 is 2.00 bits per heavy atom. The van der Waals surface area contributed by atoms with E-state index in [1.807, 2.05) is 0 Å². The van der Waals surface area contributed by atoms with Crippen LogP contribution in [0, 0.1) is 11.3 Å². The normalized spacial score (nSPS) is 20.7. The molecule has 2 aromatic rings. The molecule has 6 nitrogen and oxygen atoms in total. The Hall–Kier alpha value is -2.71. The van der Waals surface area contributed by atoms with E-state index in [1.165, 1.54) is 12.3 Å². The van der Waals surface area contributed by atoms with Gasteiger partial charge in [0.2, 0.25) is 9.84 Å². The fourth-order valence-corrected chi connectivity index (χ4v) is 3.71. The second-order valence-corrected chi connectivity index (χ2v) is 7.65. The quantitative estimate of drug-likeness (QED) is 0.790. The molecule has 1 aromatic heterocycles. The zero-order chi connectivity index (χ0) is 20.0. The van der Waals surface area contributed by atoms with Crippen molar-refractivity contribution < 1.29 is 35.8 Å². The van der Waals surface area contributed by atoms with Gasteiger partial charge in [0.25, 0.3) is 5.85 Å². The number of alkyl halides is 4. The van der Waals surface area contributed by atoms with E-state index in [0.29, 0.717) is 6.07 Å². The molecule has 0 spiro atoms. The third-order valence-electron chi connectivity index (χ3n) is 4.00. The first kappa shape index (κ1) is 19.1. The Labute approximate surface area is 150 Å². The van der Waals surface area contributed by atoms with Crippen LogP contribution in [0.5, 0.6) is 11.5 Å². The second-order valence-electron chi connectivity index (χ2n) is 5.77. The van der Waals surface area contributed by atoms with Gasteiger partial charge in [-0.2, -0.15) is 18.4 Å². The van der Waals surface area contributed by atoms with Crippen molar-refractivity contribution in [2.75, 3.05) is 6.01 Å². The Morgan fingerprint density at radius 3 is 2.63 bits per heavy atom. The van der Waals surface area contributed by atoms with Crippen LogP contribution in [0.15, 0.2) is 35.5 Å². The number of rotatable bonds is 4. The van der Waals surface area contributed by atoms with E-state index in [1.54, 1.807) is 6.07 Å². The number of aromatic nitrogens is 1. The molecule has 0 amide bonds. The number of pyridine rings is 1. The lowest BCUT2D eigenvalue weighted by Crippen LogP contribution is -2.38. The maximum atomic E-state index is 14.5. The number of ether oxygens (including phenoxy) is 1. The molecule has 0 fully saturated rings. The summed E-state index contributed by atoms with van der Waals surface area (Å²) in [6.45, 7) is 0. The van der Waals surface area contributed by atoms with Crippen LogP contribution in [0.4, 0.5) is 17.6 Å². The molecule has 1 aromatic carbocycles. The Kier molecular flexibility index (Phi) is 4.36. The van der Waals surface area contributed by atoms with Gasteiger partial charge in [0.1, 0.15) is 17.6 Å². The number of hydrogen-bond donors (Lipinski definition) is 1. The van der Waals surface area contributed by atoms with Gasteiger partial charge in [-0.05, 0) is 12.1 Å². The number of hydrogen-bond acceptors (Lipinski definition) is 6. The van der Waals surface area contributed by atoms with Gasteiger partial charge < -0.3 is 9.84 Å². The maximum absolute atomic E-state index is 14.5. The van der Waals surface area contributed by atoms with Crippen LogP contribution in [0.25, 0.3) is 0 Å². The molecule has 3 rings (SSSR count). The molecule has 1 N–H and O–H groups in total. The number of nitriles is 1. The minimum atomic E-state index is -4.76. The third-order valence-corrected chi connectivity index (χ3v) is 5.29. The van der Waals surface area contributed by atoms with Crippen LogP contribution < -0.4 is 4.74 Å². The van der Waals surface area contributed by atoms with Crippen molar-refractivity contribution >= 4 is 9.84 Å². The van der Waals surface area contributed by atoms with Crippen molar-refractivity contribution in [3.05, 3.63) is 47.3 Å². The van der Waals surface area contributed by atoms with Gasteiger partial charge in [-0.25, -0.2) is 12.8 Å². The van der Waals surface area contributed by atoms with Crippen molar-refractivity contribution in [1.82, 2.24) is 4.98 Å². The van der Waals surface area contributed by atoms with Gasteiger partial charge in [-0.1, -0.05) is 0 Å². The zero-order valence-electron chi connectivity index (χ0n) is 13.3. The number of nitrogens with zero attached hydrogens (tertiary/aromatic N) is 2. The monoisotopic (exact) mass is 402 g/mol. The number of sulfone groups is 1. The molecular weight excluding hydrogens is 392 g/mol. The molecule has 11 heteroatoms. The second kappa shape index (κ2) is 6.17. The van der Waals surface area contributed by atoms with Gasteiger partial charge in [-0.3, -0.25) is 4.98 Å². The number of fused-ring (bicyclic) bond motifs is 1. The predicted octanol–water partition coefficient (Wildman–Crippen LogP) is 2.75. The fraction of sp³-hybridized carbons (Fsp3) is 0.250. The standard InChI is InChI=1S/C16H10F4N2O4S/c17-8-27(24,25)13-2-1-12(26-10-3-9(5-21)6-22-7-10)11-4-15(18,19)16(20,23)14(11)13/h1-3,6-7,23H,4,8H2. The average Bonchev–Trinajstić information content (AvgIpc) is 2.81. The van der Waals surface area contributed by atoms with Crippen LogP contribution >= 0.6 is 0 Å². The summed E-state index contributed by atoms with van der Waals surface area (Å²) in [6.07, 6.45) is 0.989. The van der Waals surface area contributed by atoms with Crippen molar-refractivity contribution in [1.29, 1.82) is 5.26 Å². The molecule has 1 aliphatic carbocycles. The average molecular weight is 402 g/mol. The first-order valence-corrected chi connectivity index (χ1v) is 8.96. The van der Waals surface area contributed by atoms with Crippen LogP contribution in [0.2, 0.25) is 0 Å². The minimum Gasteiger partial charge on any atom is -0.455 e. The summed E-state index contributed by atoms with van der Waals surface area (Å²) < 4.78 is 84.3. The Bertz CT molecular complexity index is 1060. The summed E-state index contributed by atoms with van der Waals surface area (Å²) in [5, 5.41) is 18.5. The fourth-order valence-electron chi connectivity index (χ4n) is 2.74. The highest BCUT2D eigenvalue weighted by Crippen LogP contribution is 2.54. The molecule has 1 unspecified atom stereocenters. The molecule has 0 saturated carbocycles. The topological polar surface area (TPSA) is 100 Å². The summed E-state index contributed by atoms with van der Waals surface area (Å²) in [4.78, 5) is 2.62. The first-order chi connectivity index (χ1) is 12.5. The Balaban J connectivity index is 2.20. The zero-order valence-corrected chi connectivity index (χ0v) is 14.1. The van der Waals surface area contributed by atoms with Crippen molar-refractivity contribution in [2.45, 2.75) is 23.1 Å². The number of halogens is 4. The highest BCUT2D eigenvalue weighted by atomic mass is 32.2. The van der Waals surface area contributed by atoms with Crippen molar-refractivity contribution in [3.63, 3.8) is 0 Å². The molecule has 142 valence electrons. The highest BCUT2D eigenvalue weighted by Gasteiger charge is 2.63. The van der Waals surface area contributed by atoms with Gasteiger partial charge in [0, 0.05) is 29.8 Å². The van der Waals surface area contributed by atoms with E-state index >= 15 is 0 Å². The van der Waals surface area contributed by atoms with Gasteiger partial charge in [-0.15, -0.1) is 0 Å². The van der Waals surface area contributed by atoms with E-state index in [0.717, 1.165) is 12.3 Å². The Morgan fingerprint density at radius 1 is 1.30 bits per heavy atom. The van der Waals surface area contributed by atoms with Gasteiger partial charge in [0.05, 0.1) is 16.7 Å². The molecular formula is C16H10F4N2O4S. The summed E-state index contributed by atoms with van der Waals surface area (Å²) in [6, 6.07) is 2.66. The van der Waals surface area contributed by atoms with Gasteiger partial charge >= 0.3 is 5.92 Å². The number of aliphatic hydroxyl groups is 1. The molecule has 1 heterocycles. The van der Waals surface area contributed by atoms with E-state index < -0.39 is 50.1 Å². The molecule has 0 saturated heterocycles. The smallest absolute Gasteiger partial charge is 0.314 e. The molecule has 1 atom stereocenters.